The van der Waals surface area contributed by atoms with E-state index in [2.05, 4.69) is 5.10 Å². The summed E-state index contributed by atoms with van der Waals surface area (Å²) in [6.45, 7) is 1.99. The third-order valence-corrected chi connectivity index (χ3v) is 1.87. The smallest absolute Gasteiger partial charge is 0.0711 e. The molecule has 2 aromatic heterocycles. The molecule has 0 spiro atoms. The topological polar surface area (TPSA) is 43.3 Å². The van der Waals surface area contributed by atoms with Crippen LogP contribution in [0.1, 0.15) is 5.56 Å². The first-order chi connectivity index (χ1) is 5.29. The lowest BCUT2D eigenvalue weighted by molar-refractivity contribution is 0.936. The van der Waals surface area contributed by atoms with Crippen molar-refractivity contribution in [2.45, 2.75) is 6.92 Å². The molecule has 0 atom stereocenters. The molecule has 0 fully saturated rings. The van der Waals surface area contributed by atoms with E-state index in [1.165, 1.54) is 0 Å². The molecular weight excluding hydrogens is 138 g/mol. The molecule has 11 heavy (non-hydrogen) atoms. The van der Waals surface area contributed by atoms with Gasteiger partial charge in [-0.1, -0.05) is 0 Å². The average Bonchev–Trinajstić information content (AvgIpc) is 2.45. The maximum atomic E-state index is 5.67. The quantitative estimate of drug-likeness (QED) is 0.609. The lowest BCUT2D eigenvalue weighted by Crippen LogP contribution is -1.96. The minimum Gasteiger partial charge on any atom is -0.397 e. The predicted octanol–water partition coefficient (Wildman–Crippen LogP) is 1.22. The molecule has 0 aliphatic rings. The molecule has 0 aliphatic heterocycles. The second-order valence-electron chi connectivity index (χ2n) is 2.56. The van der Waals surface area contributed by atoms with Crippen molar-refractivity contribution >= 4 is 11.2 Å². The number of aromatic nitrogens is 2. The molecule has 3 nitrogen and oxygen atoms in total. The Morgan fingerprint density at radius 3 is 3.18 bits per heavy atom. The largest absolute Gasteiger partial charge is 0.397 e. The molecule has 0 aromatic carbocycles. The van der Waals surface area contributed by atoms with E-state index in [4.69, 9.17) is 5.73 Å². The number of hydrogen-bond acceptors (Lipinski definition) is 2. The molecule has 0 aliphatic carbocycles. The average molecular weight is 147 g/mol. The number of fused-ring (bicyclic) bond motifs is 1. The molecule has 2 N–H and O–H groups in total. The summed E-state index contributed by atoms with van der Waals surface area (Å²) >= 11 is 0. The van der Waals surface area contributed by atoms with Gasteiger partial charge in [-0.25, -0.2) is 4.52 Å². The lowest BCUT2D eigenvalue weighted by atomic mass is 10.2. The zero-order valence-electron chi connectivity index (χ0n) is 6.28. The summed E-state index contributed by atoms with van der Waals surface area (Å²) in [4.78, 5) is 0. The first-order valence-electron chi connectivity index (χ1n) is 3.47. The van der Waals surface area contributed by atoms with E-state index < -0.39 is 0 Å². The standard InChI is InChI=1S/C8H9N3/c1-6-7(9)5-10-11-4-2-3-8(6)11/h2-5H,9H2,1H3. The Kier molecular flexibility index (Phi) is 1.12. The van der Waals surface area contributed by atoms with E-state index in [-0.39, 0.29) is 0 Å². The van der Waals surface area contributed by atoms with Gasteiger partial charge in [0.15, 0.2) is 0 Å². The maximum absolute atomic E-state index is 5.67. The van der Waals surface area contributed by atoms with Crippen LogP contribution in [0.15, 0.2) is 24.5 Å². The lowest BCUT2D eigenvalue weighted by Gasteiger charge is -2.00. The van der Waals surface area contributed by atoms with Gasteiger partial charge < -0.3 is 5.73 Å². The van der Waals surface area contributed by atoms with E-state index in [0.29, 0.717) is 0 Å². The van der Waals surface area contributed by atoms with Crippen molar-refractivity contribution in [3.05, 3.63) is 30.1 Å². The van der Waals surface area contributed by atoms with E-state index in [1.807, 2.05) is 29.8 Å². The van der Waals surface area contributed by atoms with Gasteiger partial charge >= 0.3 is 0 Å². The van der Waals surface area contributed by atoms with Crippen molar-refractivity contribution in [1.29, 1.82) is 0 Å². The van der Waals surface area contributed by atoms with Crippen LogP contribution in [0.25, 0.3) is 5.52 Å². The Bertz CT molecular complexity index is 389. The van der Waals surface area contributed by atoms with Crippen LogP contribution in [-0.4, -0.2) is 9.61 Å². The van der Waals surface area contributed by atoms with Gasteiger partial charge in [0.2, 0.25) is 0 Å². The van der Waals surface area contributed by atoms with Gasteiger partial charge in [-0.3, -0.25) is 0 Å². The minimum atomic E-state index is 0.746. The van der Waals surface area contributed by atoms with Gasteiger partial charge in [-0.05, 0) is 24.6 Å². The number of nitrogens with two attached hydrogens (primary N) is 1. The second-order valence-corrected chi connectivity index (χ2v) is 2.56. The zero-order chi connectivity index (χ0) is 7.84. The molecule has 56 valence electrons. The molecule has 0 saturated heterocycles. The first kappa shape index (κ1) is 6.22. The van der Waals surface area contributed by atoms with Gasteiger partial charge in [0.1, 0.15) is 0 Å². The number of aryl methyl sites for hydroxylation is 1. The number of nitrogens with zero attached hydrogens (tertiary/aromatic N) is 2. The SMILES string of the molecule is Cc1c(N)cnn2cccc12. The second kappa shape index (κ2) is 1.99. The third-order valence-electron chi connectivity index (χ3n) is 1.87. The fraction of sp³-hybridized carbons (Fsp3) is 0.125. The summed E-state index contributed by atoms with van der Waals surface area (Å²) in [7, 11) is 0. The Morgan fingerprint density at radius 1 is 1.55 bits per heavy atom. The number of hydrogen-bond donors (Lipinski definition) is 1. The molecule has 0 radical (unpaired) electrons. The van der Waals surface area contributed by atoms with Crippen LogP contribution in [0.5, 0.6) is 0 Å². The van der Waals surface area contributed by atoms with Gasteiger partial charge in [0, 0.05) is 6.20 Å². The van der Waals surface area contributed by atoms with Gasteiger partial charge in [-0.2, -0.15) is 5.10 Å². The summed E-state index contributed by atoms with van der Waals surface area (Å²) in [6.07, 6.45) is 3.57. The number of anilines is 1. The highest BCUT2D eigenvalue weighted by Gasteiger charge is 1.99. The van der Waals surface area contributed by atoms with Crippen LogP contribution >= 0.6 is 0 Å². The third kappa shape index (κ3) is 0.774. The van der Waals surface area contributed by atoms with Crippen LogP contribution < -0.4 is 5.73 Å². The highest BCUT2D eigenvalue weighted by Crippen LogP contribution is 2.14. The monoisotopic (exact) mass is 147 g/mol. The van der Waals surface area contributed by atoms with E-state index in [1.54, 1.807) is 6.20 Å². The zero-order valence-corrected chi connectivity index (χ0v) is 6.28. The maximum Gasteiger partial charge on any atom is 0.0711 e. The van der Waals surface area contributed by atoms with Gasteiger partial charge in [0.05, 0.1) is 17.4 Å². The van der Waals surface area contributed by atoms with Gasteiger partial charge in [0.25, 0.3) is 0 Å². The van der Waals surface area contributed by atoms with Crippen LogP contribution in [0, 0.1) is 6.92 Å². The Hall–Kier alpha value is -1.51. The first-order valence-corrected chi connectivity index (χ1v) is 3.47. The summed E-state index contributed by atoms with van der Waals surface area (Å²) in [5, 5.41) is 4.09. The highest BCUT2D eigenvalue weighted by atomic mass is 15.2. The molecule has 0 saturated carbocycles. The van der Waals surface area contributed by atoms with E-state index in [0.717, 1.165) is 16.8 Å². The van der Waals surface area contributed by atoms with E-state index >= 15 is 0 Å². The number of rotatable bonds is 0. The summed E-state index contributed by atoms with van der Waals surface area (Å²) in [6, 6.07) is 3.95. The molecule has 0 bridgehead atoms. The molecular formula is C8H9N3. The highest BCUT2D eigenvalue weighted by molar-refractivity contribution is 5.63. The Balaban J connectivity index is 2.93. The Morgan fingerprint density at radius 2 is 2.36 bits per heavy atom. The Labute approximate surface area is 64.4 Å². The summed E-state index contributed by atoms with van der Waals surface area (Å²) < 4.78 is 1.81. The van der Waals surface area contributed by atoms with Crippen molar-refractivity contribution in [3.8, 4) is 0 Å². The minimum absolute atomic E-state index is 0.746. The fourth-order valence-corrected chi connectivity index (χ4v) is 1.14. The fourth-order valence-electron chi connectivity index (χ4n) is 1.14. The molecule has 3 heteroatoms. The molecule has 0 unspecified atom stereocenters. The van der Waals surface area contributed by atoms with Gasteiger partial charge in [-0.15, -0.1) is 0 Å². The van der Waals surface area contributed by atoms with Crippen LogP contribution in [0.3, 0.4) is 0 Å². The van der Waals surface area contributed by atoms with Crippen LogP contribution in [0.2, 0.25) is 0 Å². The van der Waals surface area contributed by atoms with E-state index in [9.17, 15) is 0 Å². The van der Waals surface area contributed by atoms with Crippen LogP contribution in [0.4, 0.5) is 5.69 Å². The van der Waals surface area contributed by atoms with Crippen molar-refractivity contribution in [2.24, 2.45) is 0 Å². The summed E-state index contributed by atoms with van der Waals surface area (Å²) in [5.41, 5.74) is 8.58. The van der Waals surface area contributed by atoms with Crippen molar-refractivity contribution in [1.82, 2.24) is 9.61 Å². The van der Waals surface area contributed by atoms with Crippen LogP contribution in [-0.2, 0) is 0 Å². The molecule has 0 amide bonds. The predicted molar refractivity (Wildman–Crippen MR) is 44.3 cm³/mol. The molecule has 2 rings (SSSR count). The van der Waals surface area contributed by atoms with Crippen molar-refractivity contribution in [3.63, 3.8) is 0 Å². The normalized spacial score (nSPS) is 10.6. The molecule has 2 aromatic rings. The molecule has 2 heterocycles. The number of nitrogen functional groups attached to an aromatic ring is 1. The van der Waals surface area contributed by atoms with Crippen molar-refractivity contribution < 1.29 is 0 Å². The van der Waals surface area contributed by atoms with Crippen molar-refractivity contribution in [2.75, 3.05) is 5.73 Å². The summed E-state index contributed by atoms with van der Waals surface area (Å²) in [5.74, 6) is 0.